The molecule has 1 aromatic heterocycles. The number of aliphatic hydroxyl groups excluding tert-OH is 1. The van der Waals surface area contributed by atoms with E-state index in [0.29, 0.717) is 6.54 Å². The first kappa shape index (κ1) is 18.5. The largest absolute Gasteiger partial charge is 0.396 e. The number of hydrogen-bond donors (Lipinski definition) is 2. The Morgan fingerprint density at radius 1 is 1.42 bits per heavy atom. The van der Waals surface area contributed by atoms with Gasteiger partial charge in [0.05, 0.1) is 6.61 Å². The lowest BCUT2D eigenvalue weighted by atomic mass is 9.77. The van der Waals surface area contributed by atoms with Crippen LogP contribution in [0.2, 0.25) is 0 Å². The van der Waals surface area contributed by atoms with E-state index in [4.69, 9.17) is 0 Å². The van der Waals surface area contributed by atoms with Crippen LogP contribution in [0.4, 0.5) is 5.82 Å². The normalized spacial score (nSPS) is 20.6. The van der Waals surface area contributed by atoms with Gasteiger partial charge in [-0.05, 0) is 44.7 Å². The van der Waals surface area contributed by atoms with E-state index in [1.165, 1.54) is 12.5 Å². The molecule has 0 bridgehead atoms. The third kappa shape index (κ3) is 5.06. The summed E-state index contributed by atoms with van der Waals surface area (Å²) in [5, 5.41) is 12.7. The predicted octanol–water partition coefficient (Wildman–Crippen LogP) is 2.65. The maximum absolute atomic E-state index is 11.0. The third-order valence-electron chi connectivity index (χ3n) is 4.61. The lowest BCUT2D eigenvalue weighted by Gasteiger charge is -2.42. The SMILES string of the molecule is CC(=O)NCc1ccc(N2CCCC(CO)(CC=C(C)C)C2)nc1. The molecule has 0 saturated carbocycles. The molecule has 2 rings (SSSR count). The number of anilines is 1. The highest BCUT2D eigenvalue weighted by Gasteiger charge is 2.34. The van der Waals surface area contributed by atoms with E-state index in [-0.39, 0.29) is 17.9 Å². The van der Waals surface area contributed by atoms with E-state index in [1.807, 2.05) is 18.3 Å². The highest BCUT2D eigenvalue weighted by atomic mass is 16.3. The highest BCUT2D eigenvalue weighted by molar-refractivity contribution is 5.72. The fourth-order valence-electron chi connectivity index (χ4n) is 3.12. The number of pyridine rings is 1. The third-order valence-corrected chi connectivity index (χ3v) is 4.61. The van der Waals surface area contributed by atoms with E-state index < -0.39 is 0 Å². The minimum Gasteiger partial charge on any atom is -0.396 e. The lowest BCUT2D eigenvalue weighted by Crippen LogP contribution is -2.45. The second-order valence-corrected chi connectivity index (χ2v) is 7.10. The smallest absolute Gasteiger partial charge is 0.217 e. The number of allylic oxidation sites excluding steroid dienone is 2. The first-order valence-corrected chi connectivity index (χ1v) is 8.63. The maximum Gasteiger partial charge on any atom is 0.217 e. The monoisotopic (exact) mass is 331 g/mol. The van der Waals surface area contributed by atoms with Crippen LogP contribution in [-0.4, -0.2) is 35.7 Å². The van der Waals surface area contributed by atoms with E-state index >= 15 is 0 Å². The van der Waals surface area contributed by atoms with Gasteiger partial charge in [-0.15, -0.1) is 0 Å². The van der Waals surface area contributed by atoms with Gasteiger partial charge in [-0.2, -0.15) is 0 Å². The Morgan fingerprint density at radius 2 is 2.21 bits per heavy atom. The quantitative estimate of drug-likeness (QED) is 0.787. The zero-order valence-corrected chi connectivity index (χ0v) is 15.0. The number of carbonyl (C=O) groups excluding carboxylic acids is 1. The summed E-state index contributed by atoms with van der Waals surface area (Å²) < 4.78 is 0. The highest BCUT2D eigenvalue weighted by Crippen LogP contribution is 2.35. The Kier molecular flexibility index (Phi) is 6.37. The fraction of sp³-hybridized carbons (Fsp3) is 0.579. The average Bonchev–Trinajstić information content (AvgIpc) is 2.59. The number of carbonyl (C=O) groups is 1. The second-order valence-electron chi connectivity index (χ2n) is 7.10. The summed E-state index contributed by atoms with van der Waals surface area (Å²) in [6, 6.07) is 4.01. The number of nitrogens with one attached hydrogen (secondary N) is 1. The van der Waals surface area contributed by atoms with Crippen LogP contribution in [0, 0.1) is 5.41 Å². The molecule has 0 aromatic carbocycles. The average molecular weight is 331 g/mol. The molecule has 1 aliphatic rings. The summed E-state index contributed by atoms with van der Waals surface area (Å²) in [5.41, 5.74) is 2.20. The molecule has 5 heteroatoms. The Hall–Kier alpha value is -1.88. The van der Waals surface area contributed by atoms with Crippen LogP contribution in [0.25, 0.3) is 0 Å². The fourth-order valence-corrected chi connectivity index (χ4v) is 3.12. The summed E-state index contributed by atoms with van der Waals surface area (Å²) in [4.78, 5) is 17.8. The standard InChI is InChI=1S/C19H29N3O2/c1-15(2)7-9-19(14-23)8-4-10-22(13-19)18-6-5-17(12-21-18)11-20-16(3)24/h5-7,12,23H,4,8-11,13-14H2,1-3H3,(H,20,24). The number of aliphatic hydroxyl groups is 1. The zero-order valence-electron chi connectivity index (χ0n) is 15.0. The van der Waals surface area contributed by atoms with Gasteiger partial charge in [0.2, 0.25) is 5.91 Å². The van der Waals surface area contributed by atoms with E-state index in [2.05, 4.69) is 35.1 Å². The summed E-state index contributed by atoms with van der Waals surface area (Å²) in [6.07, 6.45) is 7.06. The number of hydrogen-bond acceptors (Lipinski definition) is 4. The minimum atomic E-state index is -0.0773. The van der Waals surface area contributed by atoms with Crippen molar-refractivity contribution < 1.29 is 9.90 Å². The first-order valence-electron chi connectivity index (χ1n) is 8.63. The van der Waals surface area contributed by atoms with Crippen LogP contribution in [0.1, 0.15) is 45.6 Å². The van der Waals surface area contributed by atoms with Gasteiger partial charge in [0.25, 0.3) is 0 Å². The molecule has 0 radical (unpaired) electrons. The van der Waals surface area contributed by atoms with Gasteiger partial charge in [-0.1, -0.05) is 17.7 Å². The van der Waals surface area contributed by atoms with Crippen LogP contribution < -0.4 is 10.2 Å². The maximum atomic E-state index is 11.0. The number of amides is 1. The van der Waals surface area contributed by atoms with Gasteiger partial charge in [-0.3, -0.25) is 4.79 Å². The van der Waals surface area contributed by atoms with Crippen molar-refractivity contribution in [2.24, 2.45) is 5.41 Å². The van der Waals surface area contributed by atoms with Crippen molar-refractivity contribution in [3.63, 3.8) is 0 Å². The van der Waals surface area contributed by atoms with Crippen molar-refractivity contribution in [1.29, 1.82) is 0 Å². The Balaban J connectivity index is 2.05. The molecule has 1 saturated heterocycles. The number of rotatable bonds is 6. The van der Waals surface area contributed by atoms with Gasteiger partial charge in [-0.25, -0.2) is 4.98 Å². The molecule has 5 nitrogen and oxygen atoms in total. The van der Waals surface area contributed by atoms with Crippen molar-refractivity contribution in [2.45, 2.75) is 46.6 Å². The molecule has 1 amide bonds. The lowest BCUT2D eigenvalue weighted by molar-refractivity contribution is -0.119. The Bertz CT molecular complexity index is 579. The summed E-state index contributed by atoms with van der Waals surface area (Å²) in [5.74, 6) is 0.901. The number of aromatic nitrogens is 1. The summed E-state index contributed by atoms with van der Waals surface area (Å²) in [6.45, 7) is 8.20. The summed E-state index contributed by atoms with van der Waals surface area (Å²) in [7, 11) is 0. The van der Waals surface area contributed by atoms with Crippen LogP contribution in [0.3, 0.4) is 0 Å². The van der Waals surface area contributed by atoms with Crippen LogP contribution >= 0.6 is 0 Å². The molecule has 1 unspecified atom stereocenters. The molecule has 1 aliphatic heterocycles. The van der Waals surface area contributed by atoms with Crippen LogP contribution in [0.5, 0.6) is 0 Å². The minimum absolute atomic E-state index is 0.0397. The van der Waals surface area contributed by atoms with Gasteiger partial charge < -0.3 is 15.3 Å². The molecule has 1 atom stereocenters. The molecular formula is C19H29N3O2. The van der Waals surface area contributed by atoms with Gasteiger partial charge in [0.15, 0.2) is 0 Å². The van der Waals surface area contributed by atoms with Gasteiger partial charge in [0, 0.05) is 38.2 Å². The zero-order chi connectivity index (χ0) is 17.6. The van der Waals surface area contributed by atoms with Gasteiger partial charge in [0.1, 0.15) is 5.82 Å². The molecule has 2 heterocycles. The van der Waals surface area contributed by atoms with E-state index in [0.717, 1.165) is 43.7 Å². The summed E-state index contributed by atoms with van der Waals surface area (Å²) >= 11 is 0. The number of piperidine rings is 1. The molecular weight excluding hydrogens is 302 g/mol. The van der Waals surface area contributed by atoms with Crippen molar-refractivity contribution in [3.05, 3.63) is 35.5 Å². The molecule has 132 valence electrons. The first-order chi connectivity index (χ1) is 11.4. The molecule has 0 aliphatic carbocycles. The van der Waals surface area contributed by atoms with E-state index in [9.17, 15) is 9.90 Å². The van der Waals surface area contributed by atoms with Crippen LogP contribution in [-0.2, 0) is 11.3 Å². The second kappa shape index (κ2) is 8.29. The Labute approximate surface area is 144 Å². The number of nitrogens with zero attached hydrogens (tertiary/aromatic N) is 2. The van der Waals surface area contributed by atoms with Crippen molar-refractivity contribution in [1.82, 2.24) is 10.3 Å². The van der Waals surface area contributed by atoms with Crippen LogP contribution in [0.15, 0.2) is 30.0 Å². The van der Waals surface area contributed by atoms with Crippen molar-refractivity contribution in [3.8, 4) is 0 Å². The topological polar surface area (TPSA) is 65.5 Å². The predicted molar refractivity (Wildman–Crippen MR) is 96.8 cm³/mol. The van der Waals surface area contributed by atoms with Crippen molar-refractivity contribution >= 4 is 11.7 Å². The molecule has 1 fully saturated rings. The van der Waals surface area contributed by atoms with Crippen molar-refractivity contribution in [2.75, 3.05) is 24.6 Å². The Morgan fingerprint density at radius 3 is 2.79 bits per heavy atom. The molecule has 1 aromatic rings. The van der Waals surface area contributed by atoms with Gasteiger partial charge >= 0.3 is 0 Å². The van der Waals surface area contributed by atoms with E-state index in [1.54, 1.807) is 0 Å². The molecule has 2 N–H and O–H groups in total. The molecule has 0 spiro atoms. The molecule has 24 heavy (non-hydrogen) atoms.